The number of fused-ring (bicyclic) bond motifs is 1. The van der Waals surface area contributed by atoms with Crippen molar-refractivity contribution in [1.29, 1.82) is 0 Å². The molecular formula is C10H8Cl2O. The molecule has 13 heavy (non-hydrogen) atoms. The molecule has 0 N–H and O–H groups in total. The molecule has 2 rings (SSSR count). The summed E-state index contributed by atoms with van der Waals surface area (Å²) in [5.74, 6) is 1.45. The van der Waals surface area contributed by atoms with Crippen molar-refractivity contribution in [3.63, 3.8) is 0 Å². The molecule has 1 aromatic carbocycles. The highest BCUT2D eigenvalue weighted by atomic mass is 35.5. The summed E-state index contributed by atoms with van der Waals surface area (Å²) in [5, 5.41) is 1.69. The number of hydrogen-bond donors (Lipinski definition) is 0. The van der Waals surface area contributed by atoms with E-state index in [9.17, 15) is 0 Å². The molecule has 0 atom stereocenters. The Morgan fingerprint density at radius 1 is 1.31 bits per heavy atom. The summed E-state index contributed by atoms with van der Waals surface area (Å²) in [7, 11) is 0. The van der Waals surface area contributed by atoms with Crippen molar-refractivity contribution < 1.29 is 4.42 Å². The number of hydrogen-bond acceptors (Lipinski definition) is 1. The van der Waals surface area contributed by atoms with Gasteiger partial charge in [0.1, 0.15) is 5.76 Å². The molecule has 0 aliphatic carbocycles. The number of para-hydroxylation sites is 1. The highest BCUT2D eigenvalue weighted by Crippen LogP contribution is 2.26. The molecule has 68 valence electrons. The summed E-state index contributed by atoms with van der Waals surface area (Å²) >= 11 is 11.6. The Balaban J connectivity index is 2.55. The molecule has 1 heterocycles. The van der Waals surface area contributed by atoms with E-state index in [1.54, 1.807) is 0 Å². The molecule has 2 aromatic rings. The Labute approximate surface area is 86.2 Å². The second-order valence-corrected chi connectivity index (χ2v) is 3.60. The number of rotatable bonds is 2. The third-order valence-electron chi connectivity index (χ3n) is 1.89. The van der Waals surface area contributed by atoms with E-state index in [-0.39, 0.29) is 0 Å². The standard InChI is InChI=1S/C10H8Cl2O/c11-5-4-8-6-7-2-1-3-9(12)10(7)13-8/h1-3,6H,4-5H2. The van der Waals surface area contributed by atoms with Crippen molar-refractivity contribution in [1.82, 2.24) is 0 Å². The largest absolute Gasteiger partial charge is 0.459 e. The molecular weight excluding hydrogens is 207 g/mol. The number of furan rings is 1. The van der Waals surface area contributed by atoms with Crippen LogP contribution in [0, 0.1) is 0 Å². The zero-order valence-electron chi connectivity index (χ0n) is 6.89. The van der Waals surface area contributed by atoms with E-state index in [2.05, 4.69) is 0 Å². The van der Waals surface area contributed by atoms with Gasteiger partial charge in [-0.25, -0.2) is 0 Å². The molecule has 0 bridgehead atoms. The lowest BCUT2D eigenvalue weighted by Gasteiger charge is -1.90. The Kier molecular flexibility index (Phi) is 2.47. The van der Waals surface area contributed by atoms with E-state index in [0.29, 0.717) is 10.9 Å². The maximum atomic E-state index is 5.94. The number of halogens is 2. The Morgan fingerprint density at radius 3 is 2.85 bits per heavy atom. The highest BCUT2D eigenvalue weighted by molar-refractivity contribution is 6.34. The summed E-state index contributed by atoms with van der Waals surface area (Å²) < 4.78 is 5.52. The van der Waals surface area contributed by atoms with Crippen LogP contribution in [0.2, 0.25) is 5.02 Å². The van der Waals surface area contributed by atoms with E-state index < -0.39 is 0 Å². The highest BCUT2D eigenvalue weighted by Gasteiger charge is 2.05. The third kappa shape index (κ3) is 1.67. The van der Waals surface area contributed by atoms with Crippen LogP contribution in [-0.2, 0) is 6.42 Å². The molecule has 1 aromatic heterocycles. The van der Waals surface area contributed by atoms with E-state index in [1.165, 1.54) is 0 Å². The first-order chi connectivity index (χ1) is 6.31. The first kappa shape index (κ1) is 8.92. The minimum Gasteiger partial charge on any atom is -0.459 e. The van der Waals surface area contributed by atoms with Crippen LogP contribution in [0.15, 0.2) is 28.7 Å². The SMILES string of the molecule is ClCCc1cc2cccc(Cl)c2o1. The average Bonchev–Trinajstić information content (AvgIpc) is 2.49. The van der Waals surface area contributed by atoms with E-state index in [0.717, 1.165) is 23.2 Å². The first-order valence-corrected chi connectivity index (χ1v) is 4.95. The quantitative estimate of drug-likeness (QED) is 0.693. The lowest BCUT2D eigenvalue weighted by molar-refractivity contribution is 0.558. The Morgan fingerprint density at radius 2 is 2.15 bits per heavy atom. The summed E-state index contributed by atoms with van der Waals surface area (Å²) in [4.78, 5) is 0. The van der Waals surface area contributed by atoms with Gasteiger partial charge in [0, 0.05) is 17.7 Å². The fraction of sp³-hybridized carbons (Fsp3) is 0.200. The third-order valence-corrected chi connectivity index (χ3v) is 2.37. The van der Waals surface area contributed by atoms with Crippen LogP contribution >= 0.6 is 23.2 Å². The van der Waals surface area contributed by atoms with Gasteiger partial charge >= 0.3 is 0 Å². The molecule has 0 unspecified atom stereocenters. The Hall–Kier alpha value is -0.660. The fourth-order valence-corrected chi connectivity index (χ4v) is 1.70. The first-order valence-electron chi connectivity index (χ1n) is 4.04. The summed E-state index contributed by atoms with van der Waals surface area (Å²) in [5.41, 5.74) is 0.754. The van der Waals surface area contributed by atoms with E-state index >= 15 is 0 Å². The molecule has 0 aliphatic rings. The van der Waals surface area contributed by atoms with Gasteiger partial charge in [-0.3, -0.25) is 0 Å². The van der Waals surface area contributed by atoms with Crippen molar-refractivity contribution in [2.75, 3.05) is 5.88 Å². The molecule has 0 radical (unpaired) electrons. The topological polar surface area (TPSA) is 13.1 Å². The van der Waals surface area contributed by atoms with Crippen molar-refractivity contribution in [3.05, 3.63) is 35.0 Å². The predicted molar refractivity (Wildman–Crippen MR) is 55.6 cm³/mol. The zero-order chi connectivity index (χ0) is 9.26. The van der Waals surface area contributed by atoms with Crippen molar-refractivity contribution >= 4 is 34.2 Å². The normalized spacial score (nSPS) is 10.9. The van der Waals surface area contributed by atoms with E-state index in [1.807, 2.05) is 24.3 Å². The van der Waals surface area contributed by atoms with Gasteiger partial charge in [-0.05, 0) is 12.1 Å². The van der Waals surface area contributed by atoms with Gasteiger partial charge in [-0.2, -0.15) is 0 Å². The molecule has 3 heteroatoms. The van der Waals surface area contributed by atoms with Gasteiger partial charge in [0.2, 0.25) is 0 Å². The van der Waals surface area contributed by atoms with Gasteiger partial charge < -0.3 is 4.42 Å². The van der Waals surface area contributed by atoms with Gasteiger partial charge in [-0.15, -0.1) is 11.6 Å². The number of alkyl halides is 1. The maximum absolute atomic E-state index is 5.94. The fourth-order valence-electron chi connectivity index (χ4n) is 1.30. The van der Waals surface area contributed by atoms with Crippen LogP contribution in [0.4, 0.5) is 0 Å². The maximum Gasteiger partial charge on any atom is 0.152 e. The predicted octanol–water partition coefficient (Wildman–Crippen LogP) is 3.87. The number of aryl methyl sites for hydroxylation is 1. The van der Waals surface area contributed by atoms with Crippen molar-refractivity contribution in [2.24, 2.45) is 0 Å². The van der Waals surface area contributed by atoms with Gasteiger partial charge in [0.15, 0.2) is 5.58 Å². The summed E-state index contributed by atoms with van der Waals surface area (Å²) in [6.45, 7) is 0. The molecule has 0 spiro atoms. The van der Waals surface area contributed by atoms with Crippen molar-refractivity contribution in [3.8, 4) is 0 Å². The summed E-state index contributed by atoms with van der Waals surface area (Å²) in [6, 6.07) is 7.68. The molecule has 0 saturated carbocycles. The Bertz CT molecular complexity index is 420. The molecule has 0 aliphatic heterocycles. The molecule has 0 amide bonds. The smallest absolute Gasteiger partial charge is 0.152 e. The summed E-state index contributed by atoms with van der Waals surface area (Å²) in [6.07, 6.45) is 0.743. The number of benzene rings is 1. The van der Waals surface area contributed by atoms with Gasteiger partial charge in [0.25, 0.3) is 0 Å². The van der Waals surface area contributed by atoms with Crippen LogP contribution in [0.3, 0.4) is 0 Å². The van der Waals surface area contributed by atoms with Crippen molar-refractivity contribution in [2.45, 2.75) is 6.42 Å². The monoisotopic (exact) mass is 214 g/mol. The van der Waals surface area contributed by atoms with Crippen LogP contribution < -0.4 is 0 Å². The second-order valence-electron chi connectivity index (χ2n) is 2.81. The average molecular weight is 215 g/mol. The van der Waals surface area contributed by atoms with Gasteiger partial charge in [0.05, 0.1) is 5.02 Å². The minimum absolute atomic E-state index is 0.567. The van der Waals surface area contributed by atoms with Crippen LogP contribution in [0.5, 0.6) is 0 Å². The van der Waals surface area contributed by atoms with Gasteiger partial charge in [-0.1, -0.05) is 23.7 Å². The van der Waals surface area contributed by atoms with E-state index in [4.69, 9.17) is 27.6 Å². The van der Waals surface area contributed by atoms with Crippen LogP contribution in [-0.4, -0.2) is 5.88 Å². The lowest BCUT2D eigenvalue weighted by Crippen LogP contribution is -1.79. The molecule has 1 nitrogen and oxygen atoms in total. The molecule has 0 saturated heterocycles. The zero-order valence-corrected chi connectivity index (χ0v) is 8.40. The van der Waals surface area contributed by atoms with Crippen LogP contribution in [0.1, 0.15) is 5.76 Å². The second kappa shape index (κ2) is 3.60. The van der Waals surface area contributed by atoms with Crippen LogP contribution in [0.25, 0.3) is 11.0 Å². The molecule has 0 fully saturated rings. The lowest BCUT2D eigenvalue weighted by atomic mass is 10.2. The minimum atomic E-state index is 0.567.